The van der Waals surface area contributed by atoms with Crippen molar-refractivity contribution >= 4 is 11.5 Å². The standard InChI is InChI=1S/C18H18N4O/c19-16-17(20-13-21-18(16)23)22(11-14-7-3-1-4-8-14)12-15-9-5-2-6-10-15/h1-10,13H,11-12,19H2,(H,20,21,23). The van der Waals surface area contributed by atoms with Crippen LogP contribution in [0.1, 0.15) is 11.1 Å². The molecule has 0 amide bonds. The Bertz CT molecular complexity index is 774. The van der Waals surface area contributed by atoms with Crippen LogP contribution in [0.15, 0.2) is 71.8 Å². The van der Waals surface area contributed by atoms with Crippen LogP contribution in [0.2, 0.25) is 0 Å². The van der Waals surface area contributed by atoms with Crippen LogP contribution in [0.5, 0.6) is 0 Å². The van der Waals surface area contributed by atoms with E-state index in [0.717, 1.165) is 11.1 Å². The molecule has 5 nitrogen and oxygen atoms in total. The van der Waals surface area contributed by atoms with Gasteiger partial charge in [-0.2, -0.15) is 0 Å². The number of anilines is 2. The van der Waals surface area contributed by atoms with Gasteiger partial charge in [0.1, 0.15) is 5.69 Å². The van der Waals surface area contributed by atoms with E-state index in [0.29, 0.717) is 18.9 Å². The molecule has 0 fully saturated rings. The van der Waals surface area contributed by atoms with E-state index in [1.165, 1.54) is 6.33 Å². The van der Waals surface area contributed by atoms with Gasteiger partial charge in [-0.05, 0) is 11.1 Å². The molecule has 0 aliphatic carbocycles. The summed E-state index contributed by atoms with van der Waals surface area (Å²) in [6, 6.07) is 20.1. The summed E-state index contributed by atoms with van der Waals surface area (Å²) >= 11 is 0. The fraction of sp³-hybridized carbons (Fsp3) is 0.111. The van der Waals surface area contributed by atoms with Gasteiger partial charge in [0.25, 0.3) is 5.56 Å². The Morgan fingerprint density at radius 2 is 1.43 bits per heavy atom. The van der Waals surface area contributed by atoms with Crippen LogP contribution in [0.3, 0.4) is 0 Å². The van der Waals surface area contributed by atoms with Gasteiger partial charge >= 0.3 is 0 Å². The Morgan fingerprint density at radius 1 is 0.913 bits per heavy atom. The van der Waals surface area contributed by atoms with Crippen molar-refractivity contribution in [2.45, 2.75) is 13.1 Å². The van der Waals surface area contributed by atoms with Crippen molar-refractivity contribution in [2.75, 3.05) is 10.6 Å². The zero-order valence-electron chi connectivity index (χ0n) is 12.6. The molecule has 0 radical (unpaired) electrons. The molecular formula is C18H18N4O. The molecule has 3 aromatic rings. The zero-order valence-corrected chi connectivity index (χ0v) is 12.6. The van der Waals surface area contributed by atoms with E-state index >= 15 is 0 Å². The summed E-state index contributed by atoms with van der Waals surface area (Å²) in [5, 5.41) is 0. The molecule has 23 heavy (non-hydrogen) atoms. The van der Waals surface area contributed by atoms with Crippen molar-refractivity contribution < 1.29 is 0 Å². The van der Waals surface area contributed by atoms with Crippen LogP contribution in [0, 0.1) is 0 Å². The molecule has 0 atom stereocenters. The number of rotatable bonds is 5. The SMILES string of the molecule is Nc1c(N(Cc2ccccc2)Cc2ccccc2)nc[nH]c1=O. The average molecular weight is 306 g/mol. The largest absolute Gasteiger partial charge is 0.391 e. The third-order valence-corrected chi connectivity index (χ3v) is 3.60. The molecule has 3 rings (SSSR count). The van der Waals surface area contributed by atoms with Gasteiger partial charge in [0, 0.05) is 13.1 Å². The molecule has 116 valence electrons. The first-order valence-electron chi connectivity index (χ1n) is 7.40. The molecule has 0 spiro atoms. The van der Waals surface area contributed by atoms with Crippen LogP contribution < -0.4 is 16.2 Å². The van der Waals surface area contributed by atoms with Gasteiger partial charge in [-0.1, -0.05) is 60.7 Å². The number of nitrogens with two attached hydrogens (primary N) is 1. The molecule has 5 heteroatoms. The number of nitrogens with zero attached hydrogens (tertiary/aromatic N) is 2. The fourth-order valence-corrected chi connectivity index (χ4v) is 2.47. The number of H-pyrrole nitrogens is 1. The number of nitrogens with one attached hydrogen (secondary N) is 1. The Balaban J connectivity index is 1.95. The van der Waals surface area contributed by atoms with Crippen LogP contribution in [-0.2, 0) is 13.1 Å². The second-order valence-corrected chi connectivity index (χ2v) is 5.30. The molecule has 3 N–H and O–H groups in total. The lowest BCUT2D eigenvalue weighted by Gasteiger charge is -2.24. The Kier molecular flexibility index (Phi) is 4.38. The van der Waals surface area contributed by atoms with Crippen LogP contribution >= 0.6 is 0 Å². The molecule has 0 aliphatic rings. The van der Waals surface area contributed by atoms with Gasteiger partial charge < -0.3 is 15.6 Å². The van der Waals surface area contributed by atoms with Crippen molar-refractivity contribution in [3.63, 3.8) is 0 Å². The maximum Gasteiger partial charge on any atom is 0.276 e. The predicted octanol–water partition coefficient (Wildman–Crippen LogP) is 2.56. The highest BCUT2D eigenvalue weighted by molar-refractivity contribution is 5.61. The first-order valence-corrected chi connectivity index (χ1v) is 7.40. The van der Waals surface area contributed by atoms with Gasteiger partial charge in [0.05, 0.1) is 6.33 Å². The topological polar surface area (TPSA) is 75.0 Å². The third kappa shape index (κ3) is 3.58. The Hall–Kier alpha value is -3.08. The molecule has 0 saturated carbocycles. The number of benzene rings is 2. The maximum absolute atomic E-state index is 11.8. The van der Waals surface area contributed by atoms with Crippen molar-refractivity contribution in [3.8, 4) is 0 Å². The third-order valence-electron chi connectivity index (χ3n) is 3.60. The van der Waals surface area contributed by atoms with Gasteiger partial charge in [0.15, 0.2) is 5.82 Å². The molecule has 2 aromatic carbocycles. The highest BCUT2D eigenvalue weighted by atomic mass is 16.1. The van der Waals surface area contributed by atoms with Crippen LogP contribution in [0.4, 0.5) is 11.5 Å². The second kappa shape index (κ2) is 6.79. The first kappa shape index (κ1) is 14.8. The quantitative estimate of drug-likeness (QED) is 0.759. The van der Waals surface area contributed by atoms with Crippen LogP contribution in [-0.4, -0.2) is 9.97 Å². The van der Waals surface area contributed by atoms with Crippen LogP contribution in [0.25, 0.3) is 0 Å². The van der Waals surface area contributed by atoms with Gasteiger partial charge in [-0.15, -0.1) is 0 Å². The summed E-state index contributed by atoms with van der Waals surface area (Å²) in [7, 11) is 0. The van der Waals surface area contributed by atoms with E-state index < -0.39 is 0 Å². The minimum absolute atomic E-state index is 0.138. The molecule has 0 saturated heterocycles. The average Bonchev–Trinajstić information content (AvgIpc) is 2.59. The minimum atomic E-state index is -0.318. The lowest BCUT2D eigenvalue weighted by Crippen LogP contribution is -2.27. The summed E-state index contributed by atoms with van der Waals surface area (Å²) in [5.41, 5.74) is 8.02. The van der Waals surface area contributed by atoms with E-state index in [-0.39, 0.29) is 11.2 Å². The van der Waals surface area contributed by atoms with E-state index in [1.807, 2.05) is 65.6 Å². The van der Waals surface area contributed by atoms with E-state index in [1.54, 1.807) is 0 Å². The van der Waals surface area contributed by atoms with E-state index in [2.05, 4.69) is 9.97 Å². The molecule has 0 unspecified atom stereocenters. The molecule has 1 heterocycles. The molecule has 0 aliphatic heterocycles. The number of hydrogen-bond acceptors (Lipinski definition) is 4. The van der Waals surface area contributed by atoms with Crippen molar-refractivity contribution in [1.29, 1.82) is 0 Å². The van der Waals surface area contributed by atoms with Gasteiger partial charge in [-0.25, -0.2) is 4.98 Å². The first-order chi connectivity index (χ1) is 11.2. The fourth-order valence-electron chi connectivity index (χ4n) is 2.47. The molecule has 0 bridgehead atoms. The summed E-state index contributed by atoms with van der Waals surface area (Å²) < 4.78 is 0. The van der Waals surface area contributed by atoms with Gasteiger partial charge in [-0.3, -0.25) is 4.79 Å². The Labute approximate surface area is 134 Å². The Morgan fingerprint density at radius 3 is 1.96 bits per heavy atom. The smallest absolute Gasteiger partial charge is 0.276 e. The lowest BCUT2D eigenvalue weighted by atomic mass is 10.1. The zero-order chi connectivity index (χ0) is 16.1. The molecule has 1 aromatic heterocycles. The second-order valence-electron chi connectivity index (χ2n) is 5.30. The number of hydrogen-bond donors (Lipinski definition) is 2. The maximum atomic E-state index is 11.8. The monoisotopic (exact) mass is 306 g/mol. The van der Waals surface area contributed by atoms with Crippen molar-refractivity contribution in [1.82, 2.24) is 9.97 Å². The van der Waals surface area contributed by atoms with Crippen molar-refractivity contribution in [2.24, 2.45) is 0 Å². The number of aromatic nitrogens is 2. The molecular weight excluding hydrogens is 288 g/mol. The summed E-state index contributed by atoms with van der Waals surface area (Å²) in [6.45, 7) is 1.24. The number of nitrogen functional groups attached to an aromatic ring is 1. The highest BCUT2D eigenvalue weighted by Gasteiger charge is 2.14. The lowest BCUT2D eigenvalue weighted by molar-refractivity contribution is 0.780. The van der Waals surface area contributed by atoms with E-state index in [4.69, 9.17) is 5.73 Å². The minimum Gasteiger partial charge on any atom is -0.391 e. The number of aromatic amines is 1. The summed E-state index contributed by atoms with van der Waals surface area (Å²) in [4.78, 5) is 20.6. The highest BCUT2D eigenvalue weighted by Crippen LogP contribution is 2.21. The van der Waals surface area contributed by atoms with E-state index in [9.17, 15) is 4.79 Å². The predicted molar refractivity (Wildman–Crippen MR) is 92.0 cm³/mol. The van der Waals surface area contributed by atoms with Crippen molar-refractivity contribution in [3.05, 3.63) is 88.5 Å². The summed E-state index contributed by atoms with van der Waals surface area (Å²) in [6.07, 6.45) is 1.39. The summed E-state index contributed by atoms with van der Waals surface area (Å²) in [5.74, 6) is 0.501. The van der Waals surface area contributed by atoms with Gasteiger partial charge in [0.2, 0.25) is 0 Å². The normalized spacial score (nSPS) is 10.4.